The summed E-state index contributed by atoms with van der Waals surface area (Å²) < 4.78 is 22.3. The summed E-state index contributed by atoms with van der Waals surface area (Å²) in [5, 5.41) is 4.12. The number of hydrazone groups is 1. The highest BCUT2D eigenvalue weighted by atomic mass is 16.5. The van der Waals surface area contributed by atoms with Crippen LogP contribution in [0.3, 0.4) is 0 Å². The number of amides is 1. The van der Waals surface area contributed by atoms with E-state index in [2.05, 4.69) is 24.4 Å². The molecule has 0 aromatic carbocycles. The minimum Gasteiger partial charge on any atom is -0.382 e. The summed E-state index contributed by atoms with van der Waals surface area (Å²) in [5.41, 5.74) is 2.54. The topological polar surface area (TPSA) is 78.4 Å². The van der Waals surface area contributed by atoms with E-state index in [1.165, 1.54) is 193 Å². The number of nitrogens with zero attached hydrogens (tertiary/aromatic N) is 1. The lowest BCUT2D eigenvalue weighted by atomic mass is 10.0. The Kier molecular flexibility index (Phi) is 44.2. The van der Waals surface area contributed by atoms with Crippen LogP contribution in [0.15, 0.2) is 5.10 Å². The van der Waals surface area contributed by atoms with Crippen LogP contribution in [0.5, 0.6) is 0 Å². The third-order valence-electron chi connectivity index (χ3n) is 9.85. The van der Waals surface area contributed by atoms with E-state index in [1.807, 2.05) is 0 Å². The minimum absolute atomic E-state index is 0.0405. The molecule has 0 saturated heterocycles. The van der Waals surface area contributed by atoms with E-state index in [1.54, 1.807) is 13.3 Å². The van der Waals surface area contributed by atoms with Crippen LogP contribution in [0.2, 0.25) is 0 Å². The Balaban J connectivity index is 3.93. The molecule has 0 heterocycles. The zero-order valence-corrected chi connectivity index (χ0v) is 34.5. The van der Waals surface area contributed by atoms with Crippen LogP contribution in [0.1, 0.15) is 219 Å². The fourth-order valence-electron chi connectivity index (χ4n) is 6.50. The molecule has 0 unspecified atom stereocenters. The van der Waals surface area contributed by atoms with Crippen molar-refractivity contribution >= 4 is 12.1 Å². The molecule has 0 aliphatic heterocycles. The van der Waals surface area contributed by atoms with Gasteiger partial charge in [-0.2, -0.15) is 5.10 Å². The van der Waals surface area contributed by atoms with Crippen molar-refractivity contribution in [3.8, 4) is 0 Å². The predicted molar refractivity (Wildman–Crippen MR) is 219 cm³/mol. The summed E-state index contributed by atoms with van der Waals surface area (Å²) in [6.45, 7) is 7.27. The monoisotopic (exact) mass is 725 g/mol. The van der Waals surface area contributed by atoms with E-state index in [-0.39, 0.29) is 18.6 Å². The maximum absolute atomic E-state index is 12.0. The number of hydrogen-bond acceptors (Lipinski definition) is 6. The van der Waals surface area contributed by atoms with Gasteiger partial charge in [-0.05, 0) is 12.8 Å². The molecule has 7 nitrogen and oxygen atoms in total. The predicted octanol–water partition coefficient (Wildman–Crippen LogP) is 12.7. The van der Waals surface area contributed by atoms with Gasteiger partial charge in [0.1, 0.15) is 12.7 Å². The SMILES string of the molecule is CCCCCCCCCCCCCCCCCCOC[C@H](/C=N/NC(=O)COCCOC)OCCCCCCCCCCCCCCCCCC. The fourth-order valence-corrected chi connectivity index (χ4v) is 6.50. The van der Waals surface area contributed by atoms with E-state index < -0.39 is 0 Å². The molecule has 1 amide bonds. The van der Waals surface area contributed by atoms with E-state index in [0.717, 1.165) is 19.4 Å². The van der Waals surface area contributed by atoms with E-state index in [4.69, 9.17) is 18.9 Å². The summed E-state index contributed by atoms with van der Waals surface area (Å²) in [7, 11) is 1.61. The van der Waals surface area contributed by atoms with Gasteiger partial charge in [-0.1, -0.05) is 206 Å². The quantitative estimate of drug-likeness (QED) is 0.0384. The Bertz CT molecular complexity index is 692. The first kappa shape index (κ1) is 50.0. The Morgan fingerprint density at radius 3 is 1.25 bits per heavy atom. The second-order valence-corrected chi connectivity index (χ2v) is 14.9. The summed E-state index contributed by atoms with van der Waals surface area (Å²) in [6, 6.07) is 0. The number of hydrogen-bond donors (Lipinski definition) is 1. The van der Waals surface area contributed by atoms with Gasteiger partial charge in [-0.15, -0.1) is 0 Å². The third kappa shape index (κ3) is 43.3. The molecule has 304 valence electrons. The zero-order chi connectivity index (χ0) is 37.0. The standard InChI is InChI=1S/C44H88N2O5/c1-4-6-8-10-12-14-16-18-20-22-24-26-28-30-32-34-36-49-41-43(40-45-46-44(47)42-50-39-38-48-3)51-37-35-33-31-29-27-25-23-21-19-17-15-13-11-9-7-5-2/h40,43H,4-39,41-42H2,1-3H3,(H,46,47)/b45-40+/t43-/m0/s1. The van der Waals surface area contributed by atoms with Gasteiger partial charge in [0.25, 0.3) is 5.91 Å². The zero-order valence-electron chi connectivity index (χ0n) is 34.5. The first-order valence-electron chi connectivity index (χ1n) is 22.3. The molecule has 0 rings (SSSR count). The number of rotatable bonds is 44. The van der Waals surface area contributed by atoms with Crippen molar-refractivity contribution in [2.24, 2.45) is 5.10 Å². The van der Waals surface area contributed by atoms with Gasteiger partial charge < -0.3 is 18.9 Å². The van der Waals surface area contributed by atoms with Crippen LogP contribution in [0, 0.1) is 0 Å². The van der Waals surface area contributed by atoms with E-state index in [9.17, 15) is 4.79 Å². The Hall–Kier alpha value is -1.02. The maximum Gasteiger partial charge on any atom is 0.266 e. The average molecular weight is 725 g/mol. The Morgan fingerprint density at radius 2 is 0.863 bits per heavy atom. The Morgan fingerprint density at radius 1 is 0.490 bits per heavy atom. The minimum atomic E-state index is -0.284. The molecule has 51 heavy (non-hydrogen) atoms. The fraction of sp³-hybridized carbons (Fsp3) is 0.955. The first-order valence-corrected chi connectivity index (χ1v) is 22.3. The smallest absolute Gasteiger partial charge is 0.266 e. The number of unbranched alkanes of at least 4 members (excludes halogenated alkanes) is 30. The second kappa shape index (κ2) is 45.1. The molecule has 7 heteroatoms. The summed E-state index contributed by atoms with van der Waals surface area (Å²) in [4.78, 5) is 12.0. The lowest BCUT2D eigenvalue weighted by Gasteiger charge is -2.14. The number of ether oxygens (including phenoxy) is 4. The first-order chi connectivity index (χ1) is 25.2. The van der Waals surface area contributed by atoms with Gasteiger partial charge in [0.15, 0.2) is 0 Å². The number of methoxy groups -OCH3 is 1. The van der Waals surface area contributed by atoms with Gasteiger partial charge >= 0.3 is 0 Å². The lowest BCUT2D eigenvalue weighted by Crippen LogP contribution is -2.27. The van der Waals surface area contributed by atoms with Crippen LogP contribution in [-0.2, 0) is 23.7 Å². The maximum atomic E-state index is 12.0. The van der Waals surface area contributed by atoms with Gasteiger partial charge in [-0.3, -0.25) is 4.79 Å². The van der Waals surface area contributed by atoms with Crippen molar-refractivity contribution in [1.82, 2.24) is 5.43 Å². The van der Waals surface area contributed by atoms with Crippen LogP contribution >= 0.6 is 0 Å². The molecular weight excluding hydrogens is 636 g/mol. The molecule has 0 fully saturated rings. The molecule has 0 radical (unpaired) electrons. The molecular formula is C44H88N2O5. The van der Waals surface area contributed by atoms with Gasteiger partial charge in [0.2, 0.25) is 0 Å². The number of carbonyl (C=O) groups excluding carboxylic acids is 1. The molecule has 1 N–H and O–H groups in total. The molecule has 0 saturated carbocycles. The van der Waals surface area contributed by atoms with Crippen molar-refractivity contribution in [1.29, 1.82) is 0 Å². The molecule has 0 bridgehead atoms. The third-order valence-corrected chi connectivity index (χ3v) is 9.85. The van der Waals surface area contributed by atoms with Crippen molar-refractivity contribution < 1.29 is 23.7 Å². The summed E-state index contributed by atoms with van der Waals surface area (Å²) in [5.74, 6) is -0.284. The van der Waals surface area contributed by atoms with Gasteiger partial charge in [0, 0.05) is 20.3 Å². The second-order valence-electron chi connectivity index (χ2n) is 14.9. The number of carbonyl (C=O) groups is 1. The normalized spacial score (nSPS) is 12.3. The highest BCUT2D eigenvalue weighted by molar-refractivity contribution is 5.78. The Labute approximate surface area is 317 Å². The van der Waals surface area contributed by atoms with E-state index >= 15 is 0 Å². The van der Waals surface area contributed by atoms with Crippen molar-refractivity contribution in [2.75, 3.05) is 46.8 Å². The molecule has 0 aliphatic carbocycles. The number of nitrogens with one attached hydrogen (secondary N) is 1. The van der Waals surface area contributed by atoms with Gasteiger partial charge in [0.05, 0.1) is 26.0 Å². The highest BCUT2D eigenvalue weighted by Crippen LogP contribution is 2.15. The summed E-state index contributed by atoms with van der Waals surface area (Å²) in [6.07, 6.45) is 45.0. The van der Waals surface area contributed by atoms with Gasteiger partial charge in [-0.25, -0.2) is 5.43 Å². The molecule has 0 aromatic rings. The summed E-state index contributed by atoms with van der Waals surface area (Å²) >= 11 is 0. The van der Waals surface area contributed by atoms with E-state index in [0.29, 0.717) is 26.4 Å². The average Bonchev–Trinajstić information content (AvgIpc) is 3.13. The van der Waals surface area contributed by atoms with Crippen LogP contribution in [0.25, 0.3) is 0 Å². The van der Waals surface area contributed by atoms with Crippen molar-refractivity contribution in [2.45, 2.75) is 225 Å². The van der Waals surface area contributed by atoms with Crippen LogP contribution < -0.4 is 5.43 Å². The highest BCUT2D eigenvalue weighted by Gasteiger charge is 2.08. The molecule has 0 aromatic heterocycles. The van der Waals surface area contributed by atoms with Crippen molar-refractivity contribution in [3.63, 3.8) is 0 Å². The molecule has 0 aliphatic rings. The van der Waals surface area contributed by atoms with Crippen molar-refractivity contribution in [3.05, 3.63) is 0 Å². The lowest BCUT2D eigenvalue weighted by molar-refractivity contribution is -0.126. The largest absolute Gasteiger partial charge is 0.382 e. The molecule has 0 spiro atoms. The van der Waals surface area contributed by atoms with Crippen LogP contribution in [0.4, 0.5) is 0 Å². The molecule has 1 atom stereocenters. The van der Waals surface area contributed by atoms with Crippen LogP contribution in [-0.4, -0.2) is 65.0 Å².